The van der Waals surface area contributed by atoms with E-state index in [9.17, 15) is 22.3 Å². The van der Waals surface area contributed by atoms with Gasteiger partial charge in [0.25, 0.3) is 0 Å². The van der Waals surface area contributed by atoms with Gasteiger partial charge in [0.05, 0.1) is 23.6 Å². The first-order valence-corrected chi connectivity index (χ1v) is 14.2. The molecule has 6 rings (SSSR count). The predicted octanol–water partition coefficient (Wildman–Crippen LogP) is 2.45. The number of alkyl halides is 2. The molecule has 2 aromatic heterocycles. The molecule has 2 aliphatic heterocycles. The van der Waals surface area contributed by atoms with Gasteiger partial charge in [-0.05, 0) is 43.6 Å². The van der Waals surface area contributed by atoms with E-state index < -0.39 is 27.9 Å². The number of aromatic nitrogens is 3. The van der Waals surface area contributed by atoms with Crippen LogP contribution in [0.15, 0.2) is 34.5 Å². The number of aliphatic imine (C=N–C) groups is 1. The first-order valence-electron chi connectivity index (χ1n) is 11.8. The van der Waals surface area contributed by atoms with Crippen molar-refractivity contribution in [1.29, 1.82) is 0 Å². The lowest BCUT2D eigenvalue weighted by Gasteiger charge is -2.32. The fraction of sp³-hybridized carbons (Fsp3) is 0.591. The Morgan fingerprint density at radius 1 is 1.23 bits per heavy atom. The number of nitrogens with zero attached hydrogens (tertiary/aromatic N) is 5. The van der Waals surface area contributed by atoms with Crippen LogP contribution in [-0.4, -0.2) is 69.5 Å². The lowest BCUT2D eigenvalue weighted by Crippen LogP contribution is -2.46. The maximum Gasteiger partial charge on any atom is 0.333 e. The van der Waals surface area contributed by atoms with Crippen molar-refractivity contribution in [1.82, 2.24) is 24.4 Å². The highest BCUT2D eigenvalue weighted by Crippen LogP contribution is 2.44. The monoisotopic (exact) mass is 524 g/mol. The number of aliphatic hydroxyl groups is 1. The molecule has 35 heavy (non-hydrogen) atoms. The van der Waals surface area contributed by atoms with E-state index in [2.05, 4.69) is 19.8 Å². The molecule has 0 spiro atoms. The summed E-state index contributed by atoms with van der Waals surface area (Å²) >= 11 is 1.44. The van der Waals surface area contributed by atoms with Crippen LogP contribution < -0.4 is 4.72 Å². The van der Waals surface area contributed by atoms with Crippen LogP contribution in [0.1, 0.15) is 49.4 Å². The van der Waals surface area contributed by atoms with Crippen molar-refractivity contribution in [3.63, 3.8) is 0 Å². The van der Waals surface area contributed by atoms with Crippen molar-refractivity contribution in [2.24, 2.45) is 16.8 Å². The molecule has 2 aromatic rings. The number of aliphatic hydroxyl groups excluding tert-OH is 1. The SMILES string of the molecule is O=S(=O)(NC1CC2=C(c3ccn(C(F)F)n3)CN=C(c3nccs3)N2C1)C1CC2CCC(C1)C2O. The van der Waals surface area contributed by atoms with Gasteiger partial charge >= 0.3 is 6.55 Å². The largest absolute Gasteiger partial charge is 0.393 e. The lowest BCUT2D eigenvalue weighted by molar-refractivity contribution is 0.0564. The molecule has 0 amide bonds. The zero-order valence-corrected chi connectivity index (χ0v) is 20.4. The molecule has 13 heteroatoms. The fourth-order valence-corrected chi connectivity index (χ4v) is 8.49. The Hall–Kier alpha value is -2.22. The van der Waals surface area contributed by atoms with E-state index in [1.807, 2.05) is 10.3 Å². The number of halogens is 2. The number of hydrogen-bond acceptors (Lipinski definition) is 8. The topological polar surface area (TPSA) is 113 Å². The number of thiazole rings is 1. The highest BCUT2D eigenvalue weighted by atomic mass is 32.2. The molecule has 2 aliphatic carbocycles. The van der Waals surface area contributed by atoms with Gasteiger partial charge in [0.1, 0.15) is 0 Å². The summed E-state index contributed by atoms with van der Waals surface area (Å²) < 4.78 is 56.5. The van der Waals surface area contributed by atoms with Crippen molar-refractivity contribution < 1.29 is 22.3 Å². The standard InChI is InChI=1S/C22H26F2N6O3S2/c23-22(24)30-5-3-17(27-30)16-10-26-20(21-25-4-6-34-21)29-11-14(9-18(16)29)28-35(32,33)15-7-12-1-2-13(8-15)19(12)31/h3-6,12-15,19,22,28,31H,1-2,7-11H2. The highest BCUT2D eigenvalue weighted by Gasteiger charge is 2.47. The van der Waals surface area contributed by atoms with Gasteiger partial charge < -0.3 is 10.0 Å². The Morgan fingerprint density at radius 3 is 2.66 bits per heavy atom. The Bertz CT molecular complexity index is 1260. The van der Waals surface area contributed by atoms with Gasteiger partial charge in [-0.15, -0.1) is 11.3 Å². The molecule has 4 aliphatic rings. The summed E-state index contributed by atoms with van der Waals surface area (Å²) in [6, 6.07) is 1.15. The molecule has 2 N–H and O–H groups in total. The van der Waals surface area contributed by atoms with E-state index in [0.29, 0.717) is 47.6 Å². The number of nitrogens with one attached hydrogen (secondary N) is 1. The number of rotatable bonds is 6. The van der Waals surface area contributed by atoms with Crippen molar-refractivity contribution in [2.75, 3.05) is 13.1 Å². The quantitative estimate of drug-likeness (QED) is 0.600. The second-order valence-corrected chi connectivity index (χ2v) is 12.6. The van der Waals surface area contributed by atoms with Crippen LogP contribution in [0, 0.1) is 11.8 Å². The summed E-state index contributed by atoms with van der Waals surface area (Å²) in [5.41, 5.74) is 1.95. The third-order valence-electron chi connectivity index (χ3n) is 7.68. The average molecular weight is 525 g/mol. The zero-order chi connectivity index (χ0) is 24.3. The van der Waals surface area contributed by atoms with Crippen LogP contribution in [0.25, 0.3) is 5.57 Å². The van der Waals surface area contributed by atoms with Crippen molar-refractivity contribution in [2.45, 2.75) is 56.0 Å². The van der Waals surface area contributed by atoms with Crippen molar-refractivity contribution >= 4 is 32.8 Å². The Balaban J connectivity index is 1.27. The van der Waals surface area contributed by atoms with Crippen LogP contribution in [0.5, 0.6) is 0 Å². The molecule has 9 nitrogen and oxygen atoms in total. The molecule has 3 atom stereocenters. The van der Waals surface area contributed by atoms with Gasteiger partial charge in [-0.25, -0.2) is 22.8 Å². The number of hydrogen-bond donors (Lipinski definition) is 2. The minimum absolute atomic E-state index is 0.0492. The second-order valence-electron chi connectivity index (χ2n) is 9.72. The smallest absolute Gasteiger partial charge is 0.333 e. The highest BCUT2D eigenvalue weighted by molar-refractivity contribution is 7.90. The summed E-state index contributed by atoms with van der Waals surface area (Å²) in [6.45, 7) is -2.12. The Kier molecular flexibility index (Phi) is 5.78. The van der Waals surface area contributed by atoms with E-state index in [1.54, 1.807) is 6.20 Å². The molecule has 3 unspecified atom stereocenters. The summed E-state index contributed by atoms with van der Waals surface area (Å²) in [5.74, 6) is 0.758. The van der Waals surface area contributed by atoms with E-state index in [4.69, 9.17) is 0 Å². The third kappa shape index (κ3) is 4.11. The van der Waals surface area contributed by atoms with Gasteiger partial charge in [0, 0.05) is 48.1 Å². The van der Waals surface area contributed by atoms with E-state index >= 15 is 0 Å². The number of fused-ring (bicyclic) bond motifs is 3. The fourth-order valence-electron chi connectivity index (χ4n) is 6.02. The van der Waals surface area contributed by atoms with Crippen molar-refractivity contribution in [3.05, 3.63) is 40.2 Å². The van der Waals surface area contributed by atoms with E-state index in [1.165, 1.54) is 23.6 Å². The predicted molar refractivity (Wildman–Crippen MR) is 126 cm³/mol. The summed E-state index contributed by atoms with van der Waals surface area (Å²) in [7, 11) is -3.60. The van der Waals surface area contributed by atoms with Gasteiger partial charge in [0.2, 0.25) is 10.0 Å². The molecule has 3 fully saturated rings. The molecular weight excluding hydrogens is 498 g/mol. The number of sulfonamides is 1. The lowest BCUT2D eigenvalue weighted by atomic mass is 9.86. The first-order chi connectivity index (χ1) is 16.8. The normalized spacial score (nSPS) is 30.8. The molecule has 0 radical (unpaired) electrons. The molecule has 1 saturated heterocycles. The van der Waals surface area contributed by atoms with Crippen LogP contribution in [0.3, 0.4) is 0 Å². The first kappa shape index (κ1) is 23.2. The molecule has 2 bridgehead atoms. The minimum atomic E-state index is -3.60. The van der Waals surface area contributed by atoms with Gasteiger partial charge in [0.15, 0.2) is 10.8 Å². The zero-order valence-electron chi connectivity index (χ0n) is 18.8. The molecule has 2 saturated carbocycles. The van der Waals surface area contributed by atoms with Crippen molar-refractivity contribution in [3.8, 4) is 0 Å². The van der Waals surface area contributed by atoms with E-state index in [-0.39, 0.29) is 24.5 Å². The third-order valence-corrected chi connectivity index (χ3v) is 10.4. The van der Waals surface area contributed by atoms with Crippen LogP contribution >= 0.6 is 11.3 Å². The van der Waals surface area contributed by atoms with Crippen LogP contribution in [0.2, 0.25) is 0 Å². The van der Waals surface area contributed by atoms with Crippen LogP contribution in [-0.2, 0) is 10.0 Å². The van der Waals surface area contributed by atoms with Gasteiger partial charge in [-0.3, -0.25) is 4.99 Å². The summed E-state index contributed by atoms with van der Waals surface area (Å²) in [5, 5.41) is 16.4. The second kappa shape index (κ2) is 8.71. The van der Waals surface area contributed by atoms with Gasteiger partial charge in [-0.1, -0.05) is 0 Å². The molecule has 0 aromatic carbocycles. The minimum Gasteiger partial charge on any atom is -0.393 e. The number of amidine groups is 1. The Morgan fingerprint density at radius 2 is 2.00 bits per heavy atom. The summed E-state index contributed by atoms with van der Waals surface area (Å²) in [4.78, 5) is 11.0. The maximum atomic E-state index is 13.3. The molecule has 188 valence electrons. The van der Waals surface area contributed by atoms with E-state index in [0.717, 1.165) is 23.5 Å². The van der Waals surface area contributed by atoms with Crippen LogP contribution in [0.4, 0.5) is 8.78 Å². The molecule has 4 heterocycles. The maximum absolute atomic E-state index is 13.3. The van der Waals surface area contributed by atoms with Gasteiger partial charge in [-0.2, -0.15) is 13.9 Å². The Labute approximate surface area is 205 Å². The average Bonchev–Trinajstić information content (AvgIpc) is 3.60. The summed E-state index contributed by atoms with van der Waals surface area (Å²) in [6.07, 6.45) is 5.66. The molecular formula is C22H26F2N6O3S2.